The lowest BCUT2D eigenvalue weighted by molar-refractivity contribution is -0.116. The number of carboxylic acids is 1. The quantitative estimate of drug-likeness (QED) is 0.679. The molecule has 0 saturated heterocycles. The van der Waals surface area contributed by atoms with Gasteiger partial charge in [-0.05, 0) is 24.6 Å². The van der Waals surface area contributed by atoms with Crippen molar-refractivity contribution < 1.29 is 19.8 Å². The van der Waals surface area contributed by atoms with Crippen LogP contribution in [0.15, 0.2) is 18.2 Å². The van der Waals surface area contributed by atoms with Gasteiger partial charge < -0.3 is 15.5 Å². The highest BCUT2D eigenvalue weighted by atomic mass is 16.4. The summed E-state index contributed by atoms with van der Waals surface area (Å²) >= 11 is 0. The predicted octanol–water partition coefficient (Wildman–Crippen LogP) is 1.83. The monoisotopic (exact) mass is 223 g/mol. The minimum absolute atomic E-state index is 0.121. The number of aromatic hydroxyl groups is 1. The molecular weight excluding hydrogens is 210 g/mol. The number of phenols is 1. The standard InChI is InChI=1S/C11H13NO4/c1-2-3-10(14)12-9-5-4-7(13)6-8(9)11(15)16/h4-6,13H,2-3H2,1H3,(H,12,14)(H,15,16). The highest BCUT2D eigenvalue weighted by molar-refractivity contribution is 6.00. The van der Waals surface area contributed by atoms with Crippen LogP contribution in [0.1, 0.15) is 30.1 Å². The highest BCUT2D eigenvalue weighted by Crippen LogP contribution is 2.21. The first-order valence-corrected chi connectivity index (χ1v) is 4.90. The van der Waals surface area contributed by atoms with Crippen molar-refractivity contribution in [2.45, 2.75) is 19.8 Å². The number of amides is 1. The zero-order chi connectivity index (χ0) is 12.1. The van der Waals surface area contributed by atoms with Crippen LogP contribution in [0, 0.1) is 0 Å². The Labute approximate surface area is 92.7 Å². The van der Waals surface area contributed by atoms with Gasteiger partial charge in [-0.15, -0.1) is 0 Å². The summed E-state index contributed by atoms with van der Waals surface area (Å²) in [6.07, 6.45) is 1.02. The zero-order valence-corrected chi connectivity index (χ0v) is 8.86. The first-order chi connectivity index (χ1) is 7.54. The molecule has 1 rings (SSSR count). The number of aromatic carboxylic acids is 1. The summed E-state index contributed by atoms with van der Waals surface area (Å²) in [4.78, 5) is 22.2. The van der Waals surface area contributed by atoms with Gasteiger partial charge in [-0.1, -0.05) is 6.92 Å². The van der Waals surface area contributed by atoms with Crippen molar-refractivity contribution in [3.8, 4) is 5.75 Å². The molecule has 86 valence electrons. The van der Waals surface area contributed by atoms with E-state index in [0.717, 1.165) is 6.07 Å². The lowest BCUT2D eigenvalue weighted by Gasteiger charge is -2.08. The van der Waals surface area contributed by atoms with Crippen molar-refractivity contribution in [2.75, 3.05) is 5.32 Å². The van der Waals surface area contributed by atoms with Crippen molar-refractivity contribution in [3.05, 3.63) is 23.8 Å². The summed E-state index contributed by atoms with van der Waals surface area (Å²) in [6.45, 7) is 1.86. The third-order valence-electron chi connectivity index (χ3n) is 1.98. The minimum atomic E-state index is -1.19. The Balaban J connectivity index is 2.95. The Bertz CT molecular complexity index is 414. The molecule has 0 spiro atoms. The van der Waals surface area contributed by atoms with E-state index in [1.54, 1.807) is 0 Å². The molecule has 0 atom stereocenters. The van der Waals surface area contributed by atoms with E-state index >= 15 is 0 Å². The minimum Gasteiger partial charge on any atom is -0.508 e. The lowest BCUT2D eigenvalue weighted by Crippen LogP contribution is -2.13. The molecule has 0 saturated carbocycles. The van der Waals surface area contributed by atoms with Crippen LogP contribution in [0.5, 0.6) is 5.75 Å². The second-order valence-corrected chi connectivity index (χ2v) is 3.33. The number of hydrogen-bond acceptors (Lipinski definition) is 3. The molecule has 5 heteroatoms. The van der Waals surface area contributed by atoms with E-state index in [4.69, 9.17) is 10.2 Å². The SMILES string of the molecule is CCCC(=O)Nc1ccc(O)cc1C(=O)O. The molecule has 1 amide bonds. The van der Waals surface area contributed by atoms with Gasteiger partial charge in [-0.2, -0.15) is 0 Å². The molecule has 0 unspecified atom stereocenters. The largest absolute Gasteiger partial charge is 0.508 e. The van der Waals surface area contributed by atoms with E-state index in [-0.39, 0.29) is 22.9 Å². The number of carbonyl (C=O) groups excluding carboxylic acids is 1. The van der Waals surface area contributed by atoms with Gasteiger partial charge in [0, 0.05) is 6.42 Å². The van der Waals surface area contributed by atoms with Gasteiger partial charge in [0.15, 0.2) is 0 Å². The summed E-state index contributed by atoms with van der Waals surface area (Å²) in [5.41, 5.74) is 0.0770. The van der Waals surface area contributed by atoms with Crippen LogP contribution in [0.25, 0.3) is 0 Å². The third kappa shape index (κ3) is 2.98. The molecule has 0 aliphatic rings. The van der Waals surface area contributed by atoms with Crippen molar-refractivity contribution in [2.24, 2.45) is 0 Å². The Morgan fingerprint density at radius 1 is 1.38 bits per heavy atom. The molecule has 0 fully saturated rings. The maximum Gasteiger partial charge on any atom is 0.337 e. The predicted molar refractivity (Wildman–Crippen MR) is 58.6 cm³/mol. The fraction of sp³-hybridized carbons (Fsp3) is 0.273. The van der Waals surface area contributed by atoms with Crippen molar-refractivity contribution in [3.63, 3.8) is 0 Å². The molecule has 5 nitrogen and oxygen atoms in total. The Kier molecular flexibility index (Phi) is 3.88. The Morgan fingerprint density at radius 2 is 2.06 bits per heavy atom. The van der Waals surface area contributed by atoms with Crippen LogP contribution in [0.3, 0.4) is 0 Å². The van der Waals surface area contributed by atoms with Gasteiger partial charge >= 0.3 is 5.97 Å². The normalized spacial score (nSPS) is 9.81. The fourth-order valence-electron chi connectivity index (χ4n) is 1.26. The Hall–Kier alpha value is -2.04. The number of anilines is 1. The molecule has 0 aliphatic heterocycles. The van der Waals surface area contributed by atoms with Crippen LogP contribution in [-0.2, 0) is 4.79 Å². The zero-order valence-electron chi connectivity index (χ0n) is 8.86. The molecule has 0 heterocycles. The van der Waals surface area contributed by atoms with E-state index in [2.05, 4.69) is 5.32 Å². The second kappa shape index (κ2) is 5.16. The average Bonchev–Trinajstić information content (AvgIpc) is 2.20. The van der Waals surface area contributed by atoms with Crippen LogP contribution in [0.4, 0.5) is 5.69 Å². The molecule has 0 radical (unpaired) electrons. The fourth-order valence-corrected chi connectivity index (χ4v) is 1.26. The van der Waals surface area contributed by atoms with E-state index in [1.807, 2.05) is 6.92 Å². The lowest BCUT2D eigenvalue weighted by atomic mass is 10.1. The van der Waals surface area contributed by atoms with E-state index < -0.39 is 5.97 Å². The number of hydrogen-bond donors (Lipinski definition) is 3. The number of phenolic OH excluding ortho intramolecular Hbond substituents is 1. The van der Waals surface area contributed by atoms with Gasteiger partial charge in [-0.3, -0.25) is 4.79 Å². The number of rotatable bonds is 4. The molecular formula is C11H13NO4. The van der Waals surface area contributed by atoms with Gasteiger partial charge in [0.25, 0.3) is 0 Å². The number of carbonyl (C=O) groups is 2. The van der Waals surface area contributed by atoms with Gasteiger partial charge in [0.2, 0.25) is 5.91 Å². The van der Waals surface area contributed by atoms with Crippen LogP contribution >= 0.6 is 0 Å². The average molecular weight is 223 g/mol. The van der Waals surface area contributed by atoms with Crippen molar-refractivity contribution in [1.29, 1.82) is 0 Å². The summed E-state index contributed by atoms with van der Waals surface area (Å²) in [5.74, 6) is -1.58. The topological polar surface area (TPSA) is 86.6 Å². The number of carboxylic acid groups (broad SMARTS) is 1. The molecule has 0 aliphatic carbocycles. The van der Waals surface area contributed by atoms with E-state index in [0.29, 0.717) is 12.8 Å². The summed E-state index contributed by atoms with van der Waals surface area (Å²) < 4.78 is 0. The summed E-state index contributed by atoms with van der Waals surface area (Å²) in [6, 6.07) is 3.80. The molecule has 3 N–H and O–H groups in total. The Morgan fingerprint density at radius 3 is 2.62 bits per heavy atom. The van der Waals surface area contributed by atoms with Crippen LogP contribution < -0.4 is 5.32 Å². The highest BCUT2D eigenvalue weighted by Gasteiger charge is 2.12. The van der Waals surface area contributed by atoms with Crippen LogP contribution in [-0.4, -0.2) is 22.1 Å². The van der Waals surface area contributed by atoms with E-state index in [9.17, 15) is 9.59 Å². The maximum atomic E-state index is 11.3. The summed E-state index contributed by atoms with van der Waals surface area (Å²) in [7, 11) is 0. The molecule has 1 aromatic carbocycles. The van der Waals surface area contributed by atoms with E-state index in [1.165, 1.54) is 12.1 Å². The summed E-state index contributed by atoms with van der Waals surface area (Å²) in [5, 5.41) is 20.5. The second-order valence-electron chi connectivity index (χ2n) is 3.33. The van der Waals surface area contributed by atoms with Gasteiger partial charge in [0.05, 0.1) is 11.3 Å². The van der Waals surface area contributed by atoms with Gasteiger partial charge in [0.1, 0.15) is 5.75 Å². The van der Waals surface area contributed by atoms with Crippen LogP contribution in [0.2, 0.25) is 0 Å². The van der Waals surface area contributed by atoms with Crippen molar-refractivity contribution in [1.82, 2.24) is 0 Å². The first-order valence-electron chi connectivity index (χ1n) is 4.90. The van der Waals surface area contributed by atoms with Gasteiger partial charge in [-0.25, -0.2) is 4.79 Å². The van der Waals surface area contributed by atoms with Crippen molar-refractivity contribution >= 4 is 17.6 Å². The first kappa shape index (κ1) is 12.0. The third-order valence-corrected chi connectivity index (χ3v) is 1.98. The molecule has 0 bridgehead atoms. The number of nitrogens with one attached hydrogen (secondary N) is 1. The number of benzene rings is 1. The molecule has 16 heavy (non-hydrogen) atoms. The molecule has 1 aromatic rings. The smallest absolute Gasteiger partial charge is 0.337 e. The molecule has 0 aromatic heterocycles. The maximum absolute atomic E-state index is 11.3.